The fraction of sp³-hybridized carbons (Fsp3) is 0.182. The summed E-state index contributed by atoms with van der Waals surface area (Å²) in [6.07, 6.45) is 1.34. The number of hydrogen-bond acceptors (Lipinski definition) is 5. The average molecular weight is 363 g/mol. The molecule has 0 aliphatic rings. The number of aliphatic hydroxyl groups excluding tert-OH is 1. The van der Waals surface area contributed by atoms with Crippen LogP contribution < -0.4 is 4.72 Å². The van der Waals surface area contributed by atoms with Crippen LogP contribution in [0.5, 0.6) is 0 Å². The van der Waals surface area contributed by atoms with E-state index in [0.717, 1.165) is 8.66 Å². The minimum atomic E-state index is -3.63. The van der Waals surface area contributed by atoms with Gasteiger partial charge in [0.05, 0.1) is 10.4 Å². The number of hydrogen-bond donors (Lipinski definition) is 2. The largest absolute Gasteiger partial charge is 0.392 e. The van der Waals surface area contributed by atoms with Crippen molar-refractivity contribution in [2.45, 2.75) is 18.2 Å². The highest BCUT2D eigenvalue weighted by molar-refractivity contribution is 9.11. The van der Waals surface area contributed by atoms with Crippen molar-refractivity contribution < 1.29 is 13.5 Å². The molecular formula is C11H11BrN2O3S2. The number of aliphatic hydroxyl groups is 1. The van der Waals surface area contributed by atoms with Crippen LogP contribution in [0.1, 0.15) is 10.4 Å². The SMILES string of the molecule is O=S(=O)(NCc1ccc(Br)s1)c1ccc(CO)cn1. The molecule has 0 radical (unpaired) electrons. The Bertz CT molecular complexity index is 653. The van der Waals surface area contributed by atoms with Gasteiger partial charge in [0, 0.05) is 17.6 Å². The van der Waals surface area contributed by atoms with Crippen LogP contribution in [-0.4, -0.2) is 18.5 Å². The van der Waals surface area contributed by atoms with E-state index < -0.39 is 10.0 Å². The van der Waals surface area contributed by atoms with Crippen molar-refractivity contribution in [1.82, 2.24) is 9.71 Å². The Balaban J connectivity index is 2.09. The Hall–Kier alpha value is -0.800. The zero-order valence-electron chi connectivity index (χ0n) is 9.71. The lowest BCUT2D eigenvalue weighted by Crippen LogP contribution is -2.23. The predicted octanol–water partition coefficient (Wildman–Crippen LogP) is 1.88. The fourth-order valence-corrected chi connectivity index (χ4v) is 3.80. The van der Waals surface area contributed by atoms with Gasteiger partial charge in [0.1, 0.15) is 0 Å². The third kappa shape index (κ3) is 3.83. The molecule has 0 bridgehead atoms. The number of nitrogens with zero attached hydrogens (tertiary/aromatic N) is 1. The maximum absolute atomic E-state index is 12.0. The lowest BCUT2D eigenvalue weighted by Gasteiger charge is -2.05. The van der Waals surface area contributed by atoms with Crippen LogP contribution in [0.2, 0.25) is 0 Å². The van der Waals surface area contributed by atoms with Crippen molar-refractivity contribution in [3.8, 4) is 0 Å². The molecule has 0 fully saturated rings. The molecular weight excluding hydrogens is 352 g/mol. The van der Waals surface area contributed by atoms with Gasteiger partial charge >= 0.3 is 0 Å². The smallest absolute Gasteiger partial charge is 0.258 e. The second-order valence-corrected chi connectivity index (χ2v) is 7.95. The Morgan fingerprint density at radius 3 is 2.63 bits per heavy atom. The van der Waals surface area contributed by atoms with Crippen molar-refractivity contribution in [3.63, 3.8) is 0 Å². The standard InChI is InChI=1S/C11H11BrN2O3S2/c12-10-3-2-9(18-10)6-14-19(16,17)11-4-1-8(7-15)5-13-11/h1-5,14-15H,6-7H2. The fourth-order valence-electron chi connectivity index (χ4n) is 1.35. The molecule has 0 amide bonds. The molecule has 0 atom stereocenters. The average Bonchev–Trinajstić information content (AvgIpc) is 2.82. The van der Waals surface area contributed by atoms with Crippen LogP contribution in [0.4, 0.5) is 0 Å². The highest BCUT2D eigenvalue weighted by atomic mass is 79.9. The van der Waals surface area contributed by atoms with Gasteiger partial charge in [-0.15, -0.1) is 11.3 Å². The molecule has 8 heteroatoms. The zero-order chi connectivity index (χ0) is 13.9. The molecule has 5 nitrogen and oxygen atoms in total. The molecule has 0 spiro atoms. The second kappa shape index (κ2) is 6.10. The maximum Gasteiger partial charge on any atom is 0.258 e. The Kier molecular flexibility index (Phi) is 4.69. The summed E-state index contributed by atoms with van der Waals surface area (Å²) in [6, 6.07) is 6.61. The topological polar surface area (TPSA) is 79.3 Å². The first-order chi connectivity index (χ1) is 9.01. The number of halogens is 1. The monoisotopic (exact) mass is 362 g/mol. The van der Waals surface area contributed by atoms with E-state index in [0.29, 0.717) is 5.56 Å². The second-order valence-electron chi connectivity index (χ2n) is 3.69. The van der Waals surface area contributed by atoms with Crippen molar-refractivity contribution in [2.24, 2.45) is 0 Å². The van der Waals surface area contributed by atoms with E-state index in [9.17, 15) is 8.42 Å². The minimum absolute atomic E-state index is 0.0553. The van der Waals surface area contributed by atoms with E-state index >= 15 is 0 Å². The van der Waals surface area contributed by atoms with Crippen molar-refractivity contribution in [1.29, 1.82) is 0 Å². The molecule has 2 N–H and O–H groups in total. The van der Waals surface area contributed by atoms with Gasteiger partial charge in [-0.25, -0.2) is 18.1 Å². The zero-order valence-corrected chi connectivity index (χ0v) is 12.9. The number of nitrogens with one attached hydrogen (secondary N) is 1. The van der Waals surface area contributed by atoms with E-state index in [1.54, 1.807) is 0 Å². The molecule has 102 valence electrons. The first-order valence-corrected chi connectivity index (χ1v) is 8.40. The molecule has 19 heavy (non-hydrogen) atoms. The van der Waals surface area contributed by atoms with Crippen molar-refractivity contribution >= 4 is 37.3 Å². The van der Waals surface area contributed by atoms with Crippen LogP contribution in [0, 0.1) is 0 Å². The summed E-state index contributed by atoms with van der Waals surface area (Å²) in [5, 5.41) is 8.82. The van der Waals surface area contributed by atoms with Crippen LogP contribution in [0.15, 0.2) is 39.3 Å². The van der Waals surface area contributed by atoms with Gasteiger partial charge in [0.15, 0.2) is 5.03 Å². The highest BCUT2D eigenvalue weighted by Crippen LogP contribution is 2.22. The molecule has 0 aliphatic carbocycles. The normalized spacial score (nSPS) is 11.7. The predicted molar refractivity (Wildman–Crippen MR) is 76.2 cm³/mol. The number of pyridine rings is 1. The van der Waals surface area contributed by atoms with Gasteiger partial charge in [-0.2, -0.15) is 0 Å². The van der Waals surface area contributed by atoms with E-state index in [2.05, 4.69) is 25.6 Å². The number of aromatic nitrogens is 1. The van der Waals surface area contributed by atoms with Crippen LogP contribution in [0.3, 0.4) is 0 Å². The van der Waals surface area contributed by atoms with Crippen LogP contribution >= 0.6 is 27.3 Å². The van der Waals surface area contributed by atoms with Gasteiger partial charge < -0.3 is 5.11 Å². The van der Waals surface area contributed by atoms with E-state index in [-0.39, 0.29) is 18.2 Å². The molecule has 0 aliphatic heterocycles. The minimum Gasteiger partial charge on any atom is -0.392 e. The van der Waals surface area contributed by atoms with Crippen LogP contribution in [-0.2, 0) is 23.2 Å². The number of rotatable bonds is 5. The lowest BCUT2D eigenvalue weighted by atomic mass is 10.3. The summed E-state index contributed by atoms with van der Waals surface area (Å²) in [7, 11) is -3.63. The molecule has 0 saturated carbocycles. The Morgan fingerprint density at radius 1 is 1.32 bits per heavy atom. The first-order valence-electron chi connectivity index (χ1n) is 5.31. The number of sulfonamides is 1. The van der Waals surface area contributed by atoms with Gasteiger partial charge in [-0.05, 0) is 39.7 Å². The Morgan fingerprint density at radius 2 is 2.11 bits per heavy atom. The third-order valence-corrected chi connectivity index (χ3v) is 5.26. The molecule has 0 saturated heterocycles. The summed E-state index contributed by atoms with van der Waals surface area (Å²) in [6.45, 7) is 0.0615. The van der Waals surface area contributed by atoms with Gasteiger partial charge in [0.25, 0.3) is 10.0 Å². The van der Waals surface area contributed by atoms with Gasteiger partial charge in [-0.3, -0.25) is 0 Å². The molecule has 2 heterocycles. The Labute approximate surface area is 123 Å². The molecule has 2 aromatic rings. The van der Waals surface area contributed by atoms with Gasteiger partial charge in [0.2, 0.25) is 0 Å². The van der Waals surface area contributed by atoms with E-state index in [1.165, 1.54) is 29.7 Å². The van der Waals surface area contributed by atoms with Crippen molar-refractivity contribution in [3.05, 3.63) is 44.7 Å². The van der Waals surface area contributed by atoms with Crippen molar-refractivity contribution in [2.75, 3.05) is 0 Å². The first kappa shape index (κ1) is 14.6. The van der Waals surface area contributed by atoms with E-state index in [1.807, 2.05) is 12.1 Å². The molecule has 2 rings (SSSR count). The highest BCUT2D eigenvalue weighted by Gasteiger charge is 2.15. The number of thiophene rings is 1. The molecule has 2 aromatic heterocycles. The summed E-state index contributed by atoms with van der Waals surface area (Å²) >= 11 is 4.78. The molecule has 0 aromatic carbocycles. The summed E-state index contributed by atoms with van der Waals surface area (Å²) in [4.78, 5) is 4.73. The molecule has 0 unspecified atom stereocenters. The third-order valence-electron chi connectivity index (χ3n) is 2.32. The maximum atomic E-state index is 12.0. The summed E-state index contributed by atoms with van der Waals surface area (Å²) < 4.78 is 27.4. The van der Waals surface area contributed by atoms with E-state index in [4.69, 9.17) is 5.11 Å². The van der Waals surface area contributed by atoms with Crippen LogP contribution in [0.25, 0.3) is 0 Å². The lowest BCUT2D eigenvalue weighted by molar-refractivity contribution is 0.281. The van der Waals surface area contributed by atoms with Gasteiger partial charge in [-0.1, -0.05) is 6.07 Å². The quantitative estimate of drug-likeness (QED) is 0.850. The summed E-state index contributed by atoms with van der Waals surface area (Å²) in [5.41, 5.74) is 0.570. The summed E-state index contributed by atoms with van der Waals surface area (Å²) in [5.74, 6) is 0.